The summed E-state index contributed by atoms with van der Waals surface area (Å²) in [5.74, 6) is 0.226. The molecule has 0 aromatic carbocycles. The first-order valence-corrected chi connectivity index (χ1v) is 7.28. The summed E-state index contributed by atoms with van der Waals surface area (Å²) in [6, 6.07) is -0.0430. The second kappa shape index (κ2) is 5.33. The number of sulfonamides is 1. The van der Waals surface area contributed by atoms with Gasteiger partial charge in [0.1, 0.15) is 0 Å². The minimum absolute atomic E-state index is 0.0219. The van der Waals surface area contributed by atoms with Crippen LogP contribution in [0.5, 0.6) is 0 Å². The van der Waals surface area contributed by atoms with Crippen LogP contribution in [0.15, 0.2) is 0 Å². The van der Waals surface area contributed by atoms with E-state index in [-0.39, 0.29) is 17.2 Å². The maximum absolute atomic E-state index is 11.5. The van der Waals surface area contributed by atoms with Gasteiger partial charge in [0.05, 0.1) is 5.75 Å². The highest BCUT2D eigenvalue weighted by Gasteiger charge is 2.28. The summed E-state index contributed by atoms with van der Waals surface area (Å²) >= 11 is 5.99. The van der Waals surface area contributed by atoms with Crippen molar-refractivity contribution in [3.05, 3.63) is 0 Å². The molecule has 1 saturated carbocycles. The predicted molar refractivity (Wildman–Crippen MR) is 59.1 cm³/mol. The van der Waals surface area contributed by atoms with Crippen molar-refractivity contribution in [3.8, 4) is 0 Å². The molecule has 0 aromatic heterocycles. The van der Waals surface area contributed by atoms with Crippen LogP contribution in [0.4, 0.5) is 0 Å². The molecule has 0 bridgehead atoms. The summed E-state index contributed by atoms with van der Waals surface area (Å²) in [4.78, 5) is 0. The Balaban J connectivity index is 2.42. The Morgan fingerprint density at radius 1 is 1.43 bits per heavy atom. The molecular formula is C9H18ClNO2S. The van der Waals surface area contributed by atoms with E-state index in [1.165, 1.54) is 0 Å². The monoisotopic (exact) mass is 239 g/mol. The molecule has 0 amide bonds. The fourth-order valence-corrected chi connectivity index (χ4v) is 3.62. The highest BCUT2D eigenvalue weighted by molar-refractivity contribution is 7.89. The van der Waals surface area contributed by atoms with Gasteiger partial charge < -0.3 is 0 Å². The zero-order valence-electron chi connectivity index (χ0n) is 8.50. The predicted octanol–water partition coefficient (Wildman–Crippen LogP) is 1.87. The van der Waals surface area contributed by atoms with Crippen molar-refractivity contribution in [2.45, 2.75) is 50.4 Å². The van der Waals surface area contributed by atoms with Crippen molar-refractivity contribution in [2.75, 3.05) is 5.75 Å². The molecule has 1 aliphatic rings. The lowest BCUT2D eigenvalue weighted by Gasteiger charge is -2.15. The van der Waals surface area contributed by atoms with Gasteiger partial charge in [-0.3, -0.25) is 0 Å². The molecule has 1 rings (SSSR count). The summed E-state index contributed by atoms with van der Waals surface area (Å²) in [6.07, 6.45) is 4.43. The molecule has 0 heterocycles. The lowest BCUT2D eigenvalue weighted by atomic mass is 10.3. The highest BCUT2D eigenvalue weighted by atomic mass is 35.5. The van der Waals surface area contributed by atoms with Crippen LogP contribution in [0.2, 0.25) is 0 Å². The number of nitrogens with one attached hydrogen (secondary N) is 1. The summed E-state index contributed by atoms with van der Waals surface area (Å²) in [7, 11) is -3.09. The second-order valence-electron chi connectivity index (χ2n) is 3.84. The van der Waals surface area contributed by atoms with Crippen LogP contribution >= 0.6 is 11.6 Å². The van der Waals surface area contributed by atoms with E-state index in [4.69, 9.17) is 11.6 Å². The smallest absolute Gasteiger partial charge is 0.211 e. The van der Waals surface area contributed by atoms with E-state index in [1.807, 2.05) is 6.92 Å². The van der Waals surface area contributed by atoms with Crippen molar-refractivity contribution < 1.29 is 8.42 Å². The molecule has 1 fully saturated rings. The topological polar surface area (TPSA) is 46.2 Å². The number of unbranched alkanes of at least 4 members (excludes halogenated alkanes) is 1. The number of alkyl halides is 1. The molecule has 0 spiro atoms. The maximum Gasteiger partial charge on any atom is 0.211 e. The Morgan fingerprint density at radius 3 is 2.64 bits per heavy atom. The molecule has 0 aliphatic heterocycles. The van der Waals surface area contributed by atoms with E-state index in [2.05, 4.69) is 4.72 Å². The van der Waals surface area contributed by atoms with E-state index >= 15 is 0 Å². The van der Waals surface area contributed by atoms with Gasteiger partial charge >= 0.3 is 0 Å². The standard InChI is InChI=1S/C9H18ClNO2S/c1-2-3-7-14(12,13)11-9-6-4-5-8(9)10/h8-9,11H,2-7H2,1H3. The minimum Gasteiger partial charge on any atom is -0.212 e. The van der Waals surface area contributed by atoms with Crippen molar-refractivity contribution in [2.24, 2.45) is 0 Å². The Kier molecular flexibility index (Phi) is 4.67. The van der Waals surface area contributed by atoms with Gasteiger partial charge in [0.25, 0.3) is 0 Å². The number of hydrogen-bond donors (Lipinski definition) is 1. The Morgan fingerprint density at radius 2 is 2.14 bits per heavy atom. The van der Waals surface area contributed by atoms with Gasteiger partial charge in [-0.1, -0.05) is 19.8 Å². The largest absolute Gasteiger partial charge is 0.212 e. The van der Waals surface area contributed by atoms with Crippen molar-refractivity contribution in [1.29, 1.82) is 0 Å². The molecule has 1 aliphatic carbocycles. The Bertz CT molecular complexity index is 266. The van der Waals surface area contributed by atoms with Gasteiger partial charge in [-0.25, -0.2) is 13.1 Å². The van der Waals surface area contributed by atoms with Crippen LogP contribution in [-0.2, 0) is 10.0 Å². The average Bonchev–Trinajstić information content (AvgIpc) is 2.48. The van der Waals surface area contributed by atoms with Crippen molar-refractivity contribution in [3.63, 3.8) is 0 Å². The molecule has 5 heteroatoms. The summed E-state index contributed by atoms with van der Waals surface area (Å²) in [5.41, 5.74) is 0. The molecule has 0 radical (unpaired) electrons. The van der Waals surface area contributed by atoms with Crippen LogP contribution in [0.25, 0.3) is 0 Å². The molecule has 0 saturated heterocycles. The van der Waals surface area contributed by atoms with Gasteiger partial charge in [0.15, 0.2) is 0 Å². The number of halogens is 1. The van der Waals surface area contributed by atoms with Gasteiger partial charge in [-0.2, -0.15) is 0 Å². The van der Waals surface area contributed by atoms with E-state index in [9.17, 15) is 8.42 Å². The van der Waals surface area contributed by atoms with E-state index < -0.39 is 10.0 Å². The van der Waals surface area contributed by atoms with E-state index in [0.29, 0.717) is 0 Å². The first-order valence-electron chi connectivity index (χ1n) is 5.19. The molecule has 0 aromatic rings. The normalized spacial score (nSPS) is 28.1. The first kappa shape index (κ1) is 12.3. The van der Waals surface area contributed by atoms with Gasteiger partial charge in [-0.05, 0) is 19.3 Å². The zero-order chi connectivity index (χ0) is 10.6. The van der Waals surface area contributed by atoms with Crippen LogP contribution in [0.1, 0.15) is 39.0 Å². The fraction of sp³-hybridized carbons (Fsp3) is 1.00. The third-order valence-electron chi connectivity index (χ3n) is 2.53. The molecule has 2 atom stereocenters. The number of hydrogen-bond acceptors (Lipinski definition) is 2. The number of rotatable bonds is 5. The fourth-order valence-electron chi connectivity index (χ4n) is 1.67. The van der Waals surface area contributed by atoms with Gasteiger partial charge in [0.2, 0.25) is 10.0 Å². The van der Waals surface area contributed by atoms with Gasteiger partial charge in [-0.15, -0.1) is 11.6 Å². The van der Waals surface area contributed by atoms with E-state index in [1.54, 1.807) is 0 Å². The third kappa shape index (κ3) is 3.75. The molecule has 3 nitrogen and oxygen atoms in total. The molecular weight excluding hydrogens is 222 g/mol. The third-order valence-corrected chi connectivity index (χ3v) is 4.54. The Labute approximate surface area is 91.3 Å². The van der Waals surface area contributed by atoms with Crippen LogP contribution in [0.3, 0.4) is 0 Å². The molecule has 14 heavy (non-hydrogen) atoms. The summed E-state index contributed by atoms with van der Waals surface area (Å²) < 4.78 is 25.7. The maximum atomic E-state index is 11.5. The average molecular weight is 240 g/mol. The minimum atomic E-state index is -3.09. The van der Waals surface area contributed by atoms with Gasteiger partial charge in [0, 0.05) is 11.4 Å². The molecule has 84 valence electrons. The lowest BCUT2D eigenvalue weighted by molar-refractivity contribution is 0.551. The van der Waals surface area contributed by atoms with Crippen LogP contribution in [-0.4, -0.2) is 25.6 Å². The first-order chi connectivity index (χ1) is 6.55. The summed E-state index contributed by atoms with van der Waals surface area (Å²) in [6.45, 7) is 1.98. The van der Waals surface area contributed by atoms with Crippen LogP contribution < -0.4 is 4.72 Å². The zero-order valence-corrected chi connectivity index (χ0v) is 10.1. The van der Waals surface area contributed by atoms with Crippen molar-refractivity contribution >= 4 is 21.6 Å². The van der Waals surface area contributed by atoms with Crippen LogP contribution in [0, 0.1) is 0 Å². The second-order valence-corrected chi connectivity index (χ2v) is 6.28. The molecule has 1 N–H and O–H groups in total. The molecule has 2 unspecified atom stereocenters. The quantitative estimate of drug-likeness (QED) is 0.745. The SMILES string of the molecule is CCCCS(=O)(=O)NC1CCCC1Cl. The van der Waals surface area contributed by atoms with E-state index in [0.717, 1.165) is 32.1 Å². The highest BCUT2D eigenvalue weighted by Crippen LogP contribution is 2.24. The Hall–Kier alpha value is 0.200. The summed E-state index contributed by atoms with van der Waals surface area (Å²) in [5, 5.41) is -0.0219. The lowest BCUT2D eigenvalue weighted by Crippen LogP contribution is -2.39. The van der Waals surface area contributed by atoms with Crippen molar-refractivity contribution in [1.82, 2.24) is 4.72 Å².